The Hall–Kier alpha value is -2.97. The first-order chi connectivity index (χ1) is 16.6. The molecule has 1 atom stereocenters. The smallest absolute Gasteiger partial charge is 0.256 e. The maximum absolute atomic E-state index is 13.7. The molecule has 35 heavy (non-hydrogen) atoms. The van der Waals surface area contributed by atoms with Gasteiger partial charge in [0.05, 0.1) is 17.3 Å². The third-order valence-corrected chi connectivity index (χ3v) is 7.95. The van der Waals surface area contributed by atoms with E-state index in [-0.39, 0.29) is 17.1 Å². The first-order valence-corrected chi connectivity index (χ1v) is 13.0. The number of anilines is 1. The van der Waals surface area contributed by atoms with Gasteiger partial charge in [0.15, 0.2) is 10.9 Å². The molecule has 3 aromatic rings. The topological polar surface area (TPSA) is 80.3 Å². The number of ether oxygens (including phenoxy) is 1. The largest absolute Gasteiger partial charge is 0.497 e. The minimum absolute atomic E-state index is 0.0761. The van der Waals surface area contributed by atoms with E-state index >= 15 is 0 Å². The van der Waals surface area contributed by atoms with Crippen molar-refractivity contribution >= 4 is 54.3 Å². The lowest BCUT2D eigenvalue weighted by Crippen LogP contribution is -2.39. The Bertz CT molecular complexity index is 1420. The molecule has 2 aromatic carbocycles. The molecule has 2 heterocycles. The standard InChI is InChI=1S/C27H26BrN3O3S/c1-14-22(25(33)31-26-30-18-11-16(28)7-10-21(18)35-26)23(15-5-8-17(34-4)9-6-15)24-19(29-14)12-27(2,3)13-20(24)32/h5-11,23,29H,12-13H2,1-4H3,(H,30,31,33)/t23-/m0/s1. The third kappa shape index (κ3) is 4.52. The van der Waals surface area contributed by atoms with Gasteiger partial charge in [0.1, 0.15) is 5.75 Å². The number of Topliss-reactive ketones (excluding diaryl/α,β-unsaturated/α-hetero) is 1. The van der Waals surface area contributed by atoms with Gasteiger partial charge in [0.2, 0.25) is 0 Å². The molecular formula is C27H26BrN3O3S. The monoisotopic (exact) mass is 551 g/mol. The van der Waals surface area contributed by atoms with Gasteiger partial charge < -0.3 is 10.1 Å². The number of amides is 1. The van der Waals surface area contributed by atoms with Crippen molar-refractivity contribution in [2.75, 3.05) is 12.4 Å². The van der Waals surface area contributed by atoms with Crippen molar-refractivity contribution in [3.05, 3.63) is 75.0 Å². The van der Waals surface area contributed by atoms with Gasteiger partial charge in [0.25, 0.3) is 5.91 Å². The number of fused-ring (bicyclic) bond motifs is 1. The highest BCUT2D eigenvalue weighted by Gasteiger charge is 2.42. The molecule has 1 amide bonds. The van der Waals surface area contributed by atoms with Crippen LogP contribution in [0.1, 0.15) is 45.1 Å². The highest BCUT2D eigenvalue weighted by atomic mass is 79.9. The fourth-order valence-corrected chi connectivity index (χ4v) is 6.18. The second-order valence-corrected chi connectivity index (χ2v) is 11.7. The SMILES string of the molecule is COc1ccc([C@H]2C(C(=O)Nc3nc4cc(Br)ccc4s3)=C(C)NC3=C2C(=O)CC(C)(C)C3)cc1. The lowest BCUT2D eigenvalue weighted by molar-refractivity contribution is -0.118. The summed E-state index contributed by atoms with van der Waals surface area (Å²) in [4.78, 5) is 31.8. The molecule has 1 aromatic heterocycles. The number of benzene rings is 2. The van der Waals surface area contributed by atoms with Crippen molar-refractivity contribution in [3.63, 3.8) is 0 Å². The normalized spacial score (nSPS) is 19.5. The van der Waals surface area contributed by atoms with E-state index in [1.165, 1.54) is 11.3 Å². The highest BCUT2D eigenvalue weighted by molar-refractivity contribution is 9.10. The van der Waals surface area contributed by atoms with Crippen LogP contribution < -0.4 is 15.4 Å². The van der Waals surface area contributed by atoms with Crippen molar-refractivity contribution in [1.82, 2.24) is 10.3 Å². The van der Waals surface area contributed by atoms with Crippen LogP contribution >= 0.6 is 27.3 Å². The second kappa shape index (κ2) is 8.91. The summed E-state index contributed by atoms with van der Waals surface area (Å²) in [6.07, 6.45) is 1.20. The lowest BCUT2D eigenvalue weighted by atomic mass is 9.68. The Morgan fingerprint density at radius 3 is 2.66 bits per heavy atom. The Morgan fingerprint density at radius 2 is 1.94 bits per heavy atom. The zero-order valence-corrected chi connectivity index (χ0v) is 22.4. The van der Waals surface area contributed by atoms with Crippen LogP contribution in [0.5, 0.6) is 5.75 Å². The molecular weight excluding hydrogens is 526 g/mol. The summed E-state index contributed by atoms with van der Waals surface area (Å²) < 4.78 is 7.25. The van der Waals surface area contributed by atoms with Gasteiger partial charge in [-0.25, -0.2) is 4.98 Å². The minimum atomic E-state index is -0.468. The van der Waals surface area contributed by atoms with E-state index < -0.39 is 5.92 Å². The van der Waals surface area contributed by atoms with E-state index in [1.54, 1.807) is 7.11 Å². The van der Waals surface area contributed by atoms with Crippen molar-refractivity contribution in [2.45, 2.75) is 39.5 Å². The van der Waals surface area contributed by atoms with E-state index in [1.807, 2.05) is 49.4 Å². The number of methoxy groups -OCH3 is 1. The number of dihydropyridines is 1. The zero-order chi connectivity index (χ0) is 24.9. The van der Waals surface area contributed by atoms with Crippen LogP contribution in [0, 0.1) is 5.41 Å². The Kier molecular flexibility index (Phi) is 6.05. The second-order valence-electron chi connectivity index (χ2n) is 9.79. The average Bonchev–Trinajstić information content (AvgIpc) is 3.18. The number of thiazole rings is 1. The fourth-order valence-electron chi connectivity index (χ4n) is 4.99. The summed E-state index contributed by atoms with van der Waals surface area (Å²) in [5.74, 6) is 0.0648. The van der Waals surface area contributed by atoms with Gasteiger partial charge in [-0.2, -0.15) is 0 Å². The molecule has 180 valence electrons. The number of rotatable bonds is 4. The number of carbonyl (C=O) groups excluding carboxylic acids is 2. The highest BCUT2D eigenvalue weighted by Crippen LogP contribution is 2.47. The van der Waals surface area contributed by atoms with Crippen molar-refractivity contribution in [1.29, 1.82) is 0 Å². The zero-order valence-electron chi connectivity index (χ0n) is 20.0. The molecule has 0 saturated heterocycles. The number of carbonyl (C=O) groups is 2. The summed E-state index contributed by atoms with van der Waals surface area (Å²) in [6.45, 7) is 6.10. The molecule has 0 unspecified atom stereocenters. The Labute approximate surface area is 216 Å². The first kappa shape index (κ1) is 23.8. The molecule has 0 spiro atoms. The minimum Gasteiger partial charge on any atom is -0.497 e. The van der Waals surface area contributed by atoms with Gasteiger partial charge in [-0.1, -0.05) is 53.2 Å². The maximum Gasteiger partial charge on any atom is 0.256 e. The molecule has 1 aliphatic heterocycles. The third-order valence-electron chi connectivity index (χ3n) is 6.50. The Balaban J connectivity index is 1.56. The van der Waals surface area contributed by atoms with Crippen LogP contribution in [-0.4, -0.2) is 23.8 Å². The van der Waals surface area contributed by atoms with E-state index in [9.17, 15) is 9.59 Å². The number of nitrogens with one attached hydrogen (secondary N) is 2. The fraction of sp³-hybridized carbons (Fsp3) is 0.296. The maximum atomic E-state index is 13.7. The molecule has 0 saturated carbocycles. The molecule has 1 aliphatic carbocycles. The van der Waals surface area contributed by atoms with Crippen LogP contribution in [0.3, 0.4) is 0 Å². The molecule has 0 radical (unpaired) electrons. The van der Waals surface area contributed by atoms with Crippen molar-refractivity contribution < 1.29 is 14.3 Å². The average molecular weight is 552 g/mol. The number of halogens is 1. The molecule has 2 aliphatic rings. The quantitative estimate of drug-likeness (QED) is 0.397. The molecule has 6 nitrogen and oxygen atoms in total. The van der Waals surface area contributed by atoms with Gasteiger partial charge in [-0.3, -0.25) is 14.9 Å². The summed E-state index contributed by atoms with van der Waals surface area (Å²) >= 11 is 4.89. The van der Waals surface area contributed by atoms with Gasteiger partial charge in [-0.05, 0) is 54.7 Å². The van der Waals surface area contributed by atoms with Crippen molar-refractivity contribution in [3.8, 4) is 5.75 Å². The predicted molar refractivity (Wildman–Crippen MR) is 143 cm³/mol. The number of ketones is 1. The van der Waals surface area contributed by atoms with Crippen LogP contribution in [0.4, 0.5) is 5.13 Å². The van der Waals surface area contributed by atoms with E-state index in [0.717, 1.165) is 43.8 Å². The van der Waals surface area contributed by atoms with Gasteiger partial charge in [-0.15, -0.1) is 0 Å². The summed E-state index contributed by atoms with van der Waals surface area (Å²) in [7, 11) is 1.62. The summed E-state index contributed by atoms with van der Waals surface area (Å²) in [6, 6.07) is 13.4. The van der Waals surface area contributed by atoms with Crippen LogP contribution in [0.2, 0.25) is 0 Å². The van der Waals surface area contributed by atoms with Crippen LogP contribution in [0.25, 0.3) is 10.2 Å². The van der Waals surface area contributed by atoms with Gasteiger partial charge in [0, 0.05) is 39.4 Å². The number of hydrogen-bond acceptors (Lipinski definition) is 6. The molecule has 8 heteroatoms. The Morgan fingerprint density at radius 1 is 1.20 bits per heavy atom. The van der Waals surface area contributed by atoms with Crippen LogP contribution in [-0.2, 0) is 9.59 Å². The van der Waals surface area contributed by atoms with Crippen molar-refractivity contribution in [2.24, 2.45) is 5.41 Å². The van der Waals surface area contributed by atoms with E-state index in [0.29, 0.717) is 22.7 Å². The molecule has 0 fully saturated rings. The molecule has 5 rings (SSSR count). The number of hydrogen-bond donors (Lipinski definition) is 2. The lowest BCUT2D eigenvalue weighted by Gasteiger charge is -2.39. The molecule has 2 N–H and O–H groups in total. The van der Waals surface area contributed by atoms with Gasteiger partial charge >= 0.3 is 0 Å². The predicted octanol–water partition coefficient (Wildman–Crippen LogP) is 6.31. The van der Waals surface area contributed by atoms with E-state index in [4.69, 9.17) is 4.74 Å². The summed E-state index contributed by atoms with van der Waals surface area (Å²) in [5, 5.41) is 6.92. The van der Waals surface area contributed by atoms with E-state index in [2.05, 4.69) is 45.4 Å². The summed E-state index contributed by atoms with van der Waals surface area (Å²) in [5.41, 5.74) is 4.42. The van der Waals surface area contributed by atoms with Crippen LogP contribution in [0.15, 0.2) is 69.5 Å². The molecule has 0 bridgehead atoms. The number of aromatic nitrogens is 1. The number of nitrogens with zero attached hydrogens (tertiary/aromatic N) is 1. The number of allylic oxidation sites excluding steroid dienone is 3. The first-order valence-electron chi connectivity index (χ1n) is 11.4.